The molecule has 3 N–H and O–H groups in total. The predicted octanol–water partition coefficient (Wildman–Crippen LogP) is 3.04. The van der Waals surface area contributed by atoms with Crippen molar-refractivity contribution in [3.8, 4) is 0 Å². The molecule has 6 heteroatoms. The molecule has 0 unspecified atom stereocenters. The molecular formula is C20H40N4OS. The topological polar surface area (TPSA) is 56.4 Å². The highest BCUT2D eigenvalue weighted by Gasteiger charge is 2.33. The summed E-state index contributed by atoms with van der Waals surface area (Å²) in [6, 6.07) is 0.528. The molecule has 152 valence electrons. The zero-order valence-corrected chi connectivity index (χ0v) is 18.5. The lowest BCUT2D eigenvalue weighted by atomic mass is 9.86. The number of nitrogens with zero attached hydrogens (tertiary/aromatic N) is 1. The smallest absolute Gasteiger partial charge is 0.242 e. The highest BCUT2D eigenvalue weighted by atomic mass is 32.1. The van der Waals surface area contributed by atoms with Gasteiger partial charge in [0.15, 0.2) is 5.11 Å². The van der Waals surface area contributed by atoms with E-state index in [2.05, 4.69) is 55.5 Å². The Bertz CT molecular complexity index is 444. The van der Waals surface area contributed by atoms with Crippen LogP contribution in [0.4, 0.5) is 0 Å². The molecule has 0 aliphatic heterocycles. The zero-order valence-electron chi connectivity index (χ0n) is 17.7. The number of hydrogen-bond donors (Lipinski definition) is 3. The fourth-order valence-electron chi connectivity index (χ4n) is 3.90. The van der Waals surface area contributed by atoms with Gasteiger partial charge in [-0.05, 0) is 56.4 Å². The van der Waals surface area contributed by atoms with Crippen LogP contribution in [0.3, 0.4) is 0 Å². The number of carbonyl (C=O) groups is 1. The maximum Gasteiger partial charge on any atom is 0.242 e. The van der Waals surface area contributed by atoms with Crippen LogP contribution >= 0.6 is 12.2 Å². The van der Waals surface area contributed by atoms with E-state index in [1.54, 1.807) is 7.05 Å². The molecule has 26 heavy (non-hydrogen) atoms. The number of hydrogen-bond acceptors (Lipinski definition) is 3. The Balaban J connectivity index is 2.78. The van der Waals surface area contributed by atoms with Crippen LogP contribution in [0.15, 0.2) is 0 Å². The highest BCUT2D eigenvalue weighted by Crippen LogP contribution is 2.24. The number of amides is 1. The molecule has 0 saturated heterocycles. The van der Waals surface area contributed by atoms with Crippen LogP contribution in [-0.4, -0.2) is 54.2 Å². The summed E-state index contributed by atoms with van der Waals surface area (Å²) in [6.07, 6.45) is 7.23. The first-order valence-electron chi connectivity index (χ1n) is 10.3. The van der Waals surface area contributed by atoms with Gasteiger partial charge in [-0.15, -0.1) is 0 Å². The van der Waals surface area contributed by atoms with Crippen molar-refractivity contribution in [3.05, 3.63) is 0 Å². The third kappa shape index (κ3) is 7.03. The Morgan fingerprint density at radius 3 is 2.23 bits per heavy atom. The Morgan fingerprint density at radius 1 is 1.15 bits per heavy atom. The van der Waals surface area contributed by atoms with E-state index in [0.29, 0.717) is 17.2 Å². The van der Waals surface area contributed by atoms with Gasteiger partial charge in [0.1, 0.15) is 6.04 Å². The molecule has 0 bridgehead atoms. The molecule has 1 aliphatic rings. The van der Waals surface area contributed by atoms with Gasteiger partial charge in [0.05, 0.1) is 0 Å². The minimum absolute atomic E-state index is 0.0274. The molecule has 5 nitrogen and oxygen atoms in total. The van der Waals surface area contributed by atoms with Gasteiger partial charge >= 0.3 is 0 Å². The molecule has 0 aromatic heterocycles. The summed E-state index contributed by atoms with van der Waals surface area (Å²) in [7, 11) is 1.67. The minimum atomic E-state index is -0.350. The van der Waals surface area contributed by atoms with Crippen LogP contribution in [0.25, 0.3) is 0 Å². The lowest BCUT2D eigenvalue weighted by Crippen LogP contribution is -2.60. The van der Waals surface area contributed by atoms with Crippen LogP contribution in [0.2, 0.25) is 0 Å². The second-order valence-corrected chi connectivity index (χ2v) is 8.93. The summed E-state index contributed by atoms with van der Waals surface area (Å²) >= 11 is 5.60. The molecule has 1 fully saturated rings. The quantitative estimate of drug-likeness (QED) is 0.562. The van der Waals surface area contributed by atoms with E-state index in [1.807, 2.05) is 0 Å². The lowest BCUT2D eigenvalue weighted by Gasteiger charge is -2.41. The number of likely N-dealkylation sites (N-methyl/N-ethyl adjacent to an activating group) is 1. The van der Waals surface area contributed by atoms with E-state index in [-0.39, 0.29) is 17.4 Å². The highest BCUT2D eigenvalue weighted by molar-refractivity contribution is 7.80. The molecule has 1 saturated carbocycles. The first-order chi connectivity index (χ1) is 12.2. The molecular weight excluding hydrogens is 344 g/mol. The number of carbonyl (C=O) groups excluding carboxylic acids is 1. The van der Waals surface area contributed by atoms with Crippen LogP contribution in [0.1, 0.15) is 73.1 Å². The summed E-state index contributed by atoms with van der Waals surface area (Å²) in [6.45, 7) is 12.9. The van der Waals surface area contributed by atoms with Crippen LogP contribution in [0.5, 0.6) is 0 Å². The summed E-state index contributed by atoms with van der Waals surface area (Å²) < 4.78 is 0. The second-order valence-electron chi connectivity index (χ2n) is 8.53. The SMILES string of the molecule is CCCN(CCC)[C@H]1CCCC[C@@H]1NC(=S)N[C@@H](C(=O)NC)C(C)(C)C. The third-order valence-corrected chi connectivity index (χ3v) is 5.42. The van der Waals surface area contributed by atoms with Gasteiger partial charge in [-0.2, -0.15) is 0 Å². The monoisotopic (exact) mass is 384 g/mol. The van der Waals surface area contributed by atoms with E-state index in [4.69, 9.17) is 12.2 Å². The summed E-state index contributed by atoms with van der Waals surface area (Å²) in [5.41, 5.74) is -0.214. The average molecular weight is 385 g/mol. The van der Waals surface area contributed by atoms with Crippen molar-refractivity contribution in [2.24, 2.45) is 5.41 Å². The number of thiocarbonyl (C=S) groups is 1. The van der Waals surface area contributed by atoms with Gasteiger partial charge in [-0.25, -0.2) is 0 Å². The fraction of sp³-hybridized carbons (Fsp3) is 0.900. The molecule has 1 aliphatic carbocycles. The Hall–Kier alpha value is -0.880. The van der Waals surface area contributed by atoms with Crippen LogP contribution in [-0.2, 0) is 4.79 Å². The third-order valence-electron chi connectivity index (χ3n) is 5.19. The molecule has 1 amide bonds. The van der Waals surface area contributed by atoms with Gasteiger partial charge in [-0.3, -0.25) is 9.69 Å². The Morgan fingerprint density at radius 2 is 1.73 bits per heavy atom. The maximum absolute atomic E-state index is 12.3. The molecule has 0 heterocycles. The Labute approximate surface area is 166 Å². The largest absolute Gasteiger partial charge is 0.358 e. The first kappa shape index (κ1) is 23.2. The van der Waals surface area contributed by atoms with Crippen LogP contribution in [0, 0.1) is 5.41 Å². The summed E-state index contributed by atoms with van der Waals surface area (Å²) in [5.74, 6) is -0.0274. The van der Waals surface area contributed by atoms with Gasteiger partial charge in [0.2, 0.25) is 5.91 Å². The first-order valence-corrected chi connectivity index (χ1v) is 10.7. The van der Waals surface area contributed by atoms with Crippen molar-refractivity contribution in [1.82, 2.24) is 20.9 Å². The summed E-state index contributed by atoms with van der Waals surface area (Å²) in [5, 5.41) is 10.2. The van der Waals surface area contributed by atoms with Crippen molar-refractivity contribution in [2.45, 2.75) is 91.3 Å². The number of nitrogens with one attached hydrogen (secondary N) is 3. The Kier molecular flexibility index (Phi) is 9.86. The standard InChI is InChI=1S/C20H40N4OS/c1-7-13-24(14-8-2)16-12-10-9-11-15(16)22-19(26)23-17(18(25)21-6)20(3,4)5/h15-17H,7-14H2,1-6H3,(H,21,25)(H2,22,23,26)/t15-,16-,17-/m0/s1. The van der Waals surface area contributed by atoms with Crippen molar-refractivity contribution < 1.29 is 4.79 Å². The van der Waals surface area contributed by atoms with E-state index >= 15 is 0 Å². The zero-order chi connectivity index (χ0) is 19.7. The average Bonchev–Trinajstić information content (AvgIpc) is 2.58. The van der Waals surface area contributed by atoms with Crippen molar-refractivity contribution in [2.75, 3.05) is 20.1 Å². The molecule has 0 spiro atoms. The lowest BCUT2D eigenvalue weighted by molar-refractivity contribution is -0.124. The van der Waals surface area contributed by atoms with Crippen molar-refractivity contribution in [1.29, 1.82) is 0 Å². The van der Waals surface area contributed by atoms with E-state index in [0.717, 1.165) is 19.5 Å². The predicted molar refractivity (Wildman–Crippen MR) is 114 cm³/mol. The maximum atomic E-state index is 12.3. The van der Waals surface area contributed by atoms with E-state index < -0.39 is 0 Å². The second kappa shape index (κ2) is 11.1. The molecule has 1 rings (SSSR count). The van der Waals surface area contributed by atoms with E-state index in [1.165, 1.54) is 32.1 Å². The van der Waals surface area contributed by atoms with Gasteiger partial charge in [0, 0.05) is 19.1 Å². The molecule has 0 aromatic carbocycles. The van der Waals surface area contributed by atoms with E-state index in [9.17, 15) is 4.79 Å². The normalized spacial score (nSPS) is 22.0. The van der Waals surface area contributed by atoms with Gasteiger partial charge in [0.25, 0.3) is 0 Å². The van der Waals surface area contributed by atoms with Crippen molar-refractivity contribution >= 4 is 23.2 Å². The molecule has 0 radical (unpaired) electrons. The molecule has 3 atom stereocenters. The summed E-state index contributed by atoms with van der Waals surface area (Å²) in [4.78, 5) is 14.9. The number of rotatable bonds is 8. The van der Waals surface area contributed by atoms with Gasteiger partial charge < -0.3 is 16.0 Å². The van der Waals surface area contributed by atoms with Gasteiger partial charge in [-0.1, -0.05) is 47.5 Å². The van der Waals surface area contributed by atoms with Crippen LogP contribution < -0.4 is 16.0 Å². The molecule has 0 aromatic rings. The fourth-order valence-corrected chi connectivity index (χ4v) is 4.16. The van der Waals surface area contributed by atoms with Crippen molar-refractivity contribution in [3.63, 3.8) is 0 Å². The minimum Gasteiger partial charge on any atom is -0.358 e.